The van der Waals surface area contributed by atoms with Gasteiger partial charge in [-0.05, 0) is 39.0 Å². The molecule has 1 heterocycles. The van der Waals surface area contributed by atoms with E-state index >= 15 is 0 Å². The van der Waals surface area contributed by atoms with Crippen molar-refractivity contribution in [3.63, 3.8) is 0 Å². The van der Waals surface area contributed by atoms with Crippen LogP contribution in [0.15, 0.2) is 34.9 Å². The molecule has 0 aliphatic carbocycles. The van der Waals surface area contributed by atoms with Crippen molar-refractivity contribution in [3.05, 3.63) is 47.2 Å². The summed E-state index contributed by atoms with van der Waals surface area (Å²) >= 11 is 0. The third kappa shape index (κ3) is 3.52. The maximum absolute atomic E-state index is 12.3. The predicted molar refractivity (Wildman–Crippen MR) is 82.9 cm³/mol. The van der Waals surface area contributed by atoms with Gasteiger partial charge in [-0.3, -0.25) is 9.59 Å². The monoisotopic (exact) mass is 301 g/mol. The Balaban J connectivity index is 2.17. The van der Waals surface area contributed by atoms with E-state index < -0.39 is 0 Å². The number of aromatic nitrogens is 1. The first-order valence-corrected chi connectivity index (χ1v) is 7.19. The third-order valence-corrected chi connectivity index (χ3v) is 3.29. The molecule has 1 aromatic carbocycles. The molecule has 0 atom stereocenters. The smallest absolute Gasteiger partial charge is 0.256 e. The van der Waals surface area contributed by atoms with Crippen molar-refractivity contribution < 1.29 is 14.1 Å². The molecular formula is C16H19N3O3. The van der Waals surface area contributed by atoms with Crippen LogP contribution in [0.4, 0.5) is 5.82 Å². The summed E-state index contributed by atoms with van der Waals surface area (Å²) in [5.74, 6) is 0.545. The molecule has 1 N–H and O–H groups in total. The van der Waals surface area contributed by atoms with Gasteiger partial charge in [0.1, 0.15) is 5.76 Å². The van der Waals surface area contributed by atoms with Crippen molar-refractivity contribution in [1.29, 1.82) is 0 Å². The van der Waals surface area contributed by atoms with E-state index in [1.807, 2.05) is 13.8 Å². The van der Waals surface area contributed by atoms with Crippen LogP contribution in [0, 0.1) is 6.92 Å². The first-order valence-electron chi connectivity index (χ1n) is 7.19. The van der Waals surface area contributed by atoms with Gasteiger partial charge in [0.25, 0.3) is 11.8 Å². The molecule has 0 saturated carbocycles. The van der Waals surface area contributed by atoms with Crippen LogP contribution >= 0.6 is 0 Å². The molecule has 0 unspecified atom stereocenters. The van der Waals surface area contributed by atoms with Gasteiger partial charge in [0.15, 0.2) is 5.82 Å². The molecule has 22 heavy (non-hydrogen) atoms. The van der Waals surface area contributed by atoms with Crippen LogP contribution in [0.25, 0.3) is 0 Å². The van der Waals surface area contributed by atoms with Crippen molar-refractivity contribution >= 4 is 17.6 Å². The van der Waals surface area contributed by atoms with Crippen LogP contribution in [0.3, 0.4) is 0 Å². The van der Waals surface area contributed by atoms with E-state index in [1.54, 1.807) is 42.2 Å². The summed E-state index contributed by atoms with van der Waals surface area (Å²) in [6.45, 7) is 6.84. The van der Waals surface area contributed by atoms with Crippen molar-refractivity contribution in [2.45, 2.75) is 20.8 Å². The highest BCUT2D eigenvalue weighted by Gasteiger charge is 2.15. The Morgan fingerprint density at radius 2 is 1.86 bits per heavy atom. The Morgan fingerprint density at radius 3 is 2.45 bits per heavy atom. The number of anilines is 1. The molecular weight excluding hydrogens is 282 g/mol. The molecule has 116 valence electrons. The van der Waals surface area contributed by atoms with Crippen LogP contribution in [0.2, 0.25) is 0 Å². The van der Waals surface area contributed by atoms with Gasteiger partial charge in [-0.2, -0.15) is 0 Å². The lowest BCUT2D eigenvalue weighted by molar-refractivity contribution is 0.0773. The summed E-state index contributed by atoms with van der Waals surface area (Å²) in [7, 11) is 0. The zero-order chi connectivity index (χ0) is 16.1. The normalized spacial score (nSPS) is 10.3. The van der Waals surface area contributed by atoms with E-state index in [2.05, 4.69) is 10.5 Å². The van der Waals surface area contributed by atoms with Crippen LogP contribution in [-0.2, 0) is 0 Å². The number of carbonyl (C=O) groups excluding carboxylic acids is 2. The molecule has 0 fully saturated rings. The quantitative estimate of drug-likeness (QED) is 0.921. The number of carbonyl (C=O) groups is 2. The van der Waals surface area contributed by atoms with Crippen molar-refractivity contribution in [3.8, 4) is 0 Å². The van der Waals surface area contributed by atoms with E-state index in [0.29, 0.717) is 35.8 Å². The van der Waals surface area contributed by atoms with Crippen LogP contribution < -0.4 is 5.32 Å². The molecule has 1 aromatic heterocycles. The highest BCUT2D eigenvalue weighted by molar-refractivity contribution is 6.05. The van der Waals surface area contributed by atoms with Crippen LogP contribution in [0.5, 0.6) is 0 Å². The first kappa shape index (κ1) is 15.8. The average molecular weight is 301 g/mol. The van der Waals surface area contributed by atoms with E-state index in [-0.39, 0.29) is 11.8 Å². The second-order valence-corrected chi connectivity index (χ2v) is 4.84. The SMILES string of the molecule is CCN(CC)C(=O)c1cccc(C(=O)Nc2cc(C)on2)c1. The second-order valence-electron chi connectivity index (χ2n) is 4.84. The molecule has 0 bridgehead atoms. The summed E-state index contributed by atoms with van der Waals surface area (Å²) in [6, 6.07) is 8.27. The number of hydrogen-bond donors (Lipinski definition) is 1. The van der Waals surface area contributed by atoms with Crippen molar-refractivity contribution in [2.24, 2.45) is 0 Å². The zero-order valence-electron chi connectivity index (χ0n) is 12.9. The Labute approximate surface area is 129 Å². The van der Waals surface area contributed by atoms with Gasteiger partial charge in [-0.1, -0.05) is 11.2 Å². The molecule has 2 aromatic rings. The fourth-order valence-corrected chi connectivity index (χ4v) is 2.10. The third-order valence-electron chi connectivity index (χ3n) is 3.29. The fourth-order valence-electron chi connectivity index (χ4n) is 2.10. The minimum atomic E-state index is -0.331. The van der Waals surface area contributed by atoms with Crippen molar-refractivity contribution in [1.82, 2.24) is 10.1 Å². The number of amides is 2. The van der Waals surface area contributed by atoms with E-state index in [9.17, 15) is 9.59 Å². The number of aryl methyl sites for hydroxylation is 1. The Kier molecular flexibility index (Phi) is 4.93. The number of rotatable bonds is 5. The van der Waals surface area contributed by atoms with Gasteiger partial charge < -0.3 is 14.7 Å². The summed E-state index contributed by atoms with van der Waals surface area (Å²) in [4.78, 5) is 26.2. The van der Waals surface area contributed by atoms with Gasteiger partial charge in [-0.25, -0.2) is 0 Å². The molecule has 0 saturated heterocycles. The fraction of sp³-hybridized carbons (Fsp3) is 0.312. The lowest BCUT2D eigenvalue weighted by Gasteiger charge is -2.18. The van der Waals surface area contributed by atoms with Crippen LogP contribution in [-0.4, -0.2) is 35.0 Å². The number of benzene rings is 1. The average Bonchev–Trinajstić information content (AvgIpc) is 2.93. The maximum atomic E-state index is 12.3. The molecule has 6 heteroatoms. The molecule has 2 amide bonds. The Morgan fingerprint density at radius 1 is 1.18 bits per heavy atom. The second kappa shape index (κ2) is 6.89. The summed E-state index contributed by atoms with van der Waals surface area (Å²) in [5.41, 5.74) is 0.895. The topological polar surface area (TPSA) is 75.4 Å². The summed E-state index contributed by atoms with van der Waals surface area (Å²) < 4.78 is 4.90. The Hall–Kier alpha value is -2.63. The van der Waals surface area contributed by atoms with Gasteiger partial charge in [0.05, 0.1) is 0 Å². The molecule has 6 nitrogen and oxygen atoms in total. The molecule has 0 aliphatic rings. The number of nitrogens with zero attached hydrogens (tertiary/aromatic N) is 2. The summed E-state index contributed by atoms with van der Waals surface area (Å²) in [6.07, 6.45) is 0. The lowest BCUT2D eigenvalue weighted by atomic mass is 10.1. The van der Waals surface area contributed by atoms with E-state index in [1.165, 1.54) is 0 Å². The predicted octanol–water partition coefficient (Wildman–Crippen LogP) is 2.72. The maximum Gasteiger partial charge on any atom is 0.256 e. The van der Waals surface area contributed by atoms with Gasteiger partial charge >= 0.3 is 0 Å². The standard InChI is InChI=1S/C16H19N3O3/c1-4-19(5-2)16(21)13-8-6-7-12(10-13)15(20)17-14-9-11(3)22-18-14/h6-10H,4-5H2,1-3H3,(H,17,18,20). The Bertz CT molecular complexity index is 675. The first-order chi connectivity index (χ1) is 10.5. The highest BCUT2D eigenvalue weighted by Crippen LogP contribution is 2.12. The summed E-state index contributed by atoms with van der Waals surface area (Å²) in [5, 5.41) is 6.35. The van der Waals surface area contributed by atoms with E-state index in [4.69, 9.17) is 4.52 Å². The molecule has 0 spiro atoms. The number of nitrogens with one attached hydrogen (secondary N) is 1. The number of hydrogen-bond acceptors (Lipinski definition) is 4. The van der Waals surface area contributed by atoms with Crippen molar-refractivity contribution in [2.75, 3.05) is 18.4 Å². The van der Waals surface area contributed by atoms with Crippen LogP contribution in [0.1, 0.15) is 40.3 Å². The van der Waals surface area contributed by atoms with Gasteiger partial charge in [0, 0.05) is 30.3 Å². The van der Waals surface area contributed by atoms with Gasteiger partial charge in [-0.15, -0.1) is 0 Å². The van der Waals surface area contributed by atoms with Gasteiger partial charge in [0.2, 0.25) is 0 Å². The minimum absolute atomic E-state index is 0.0862. The minimum Gasteiger partial charge on any atom is -0.360 e. The molecule has 2 rings (SSSR count). The zero-order valence-corrected chi connectivity index (χ0v) is 12.9. The molecule has 0 radical (unpaired) electrons. The molecule has 0 aliphatic heterocycles. The highest BCUT2D eigenvalue weighted by atomic mass is 16.5. The largest absolute Gasteiger partial charge is 0.360 e. The lowest BCUT2D eigenvalue weighted by Crippen LogP contribution is -2.30. The van der Waals surface area contributed by atoms with E-state index in [0.717, 1.165) is 0 Å².